The van der Waals surface area contributed by atoms with Gasteiger partial charge in [0, 0.05) is 18.0 Å². The van der Waals surface area contributed by atoms with E-state index in [0.717, 1.165) is 48.9 Å². The third-order valence-corrected chi connectivity index (χ3v) is 8.22. The van der Waals surface area contributed by atoms with E-state index in [1.54, 1.807) is 6.07 Å². The van der Waals surface area contributed by atoms with Crippen LogP contribution >= 0.6 is 0 Å². The lowest BCUT2D eigenvalue weighted by molar-refractivity contribution is -0.136. The lowest BCUT2D eigenvalue weighted by atomic mass is 10.0. The molecule has 2 aliphatic rings. The summed E-state index contributed by atoms with van der Waals surface area (Å²) in [4.78, 5) is 13.4. The van der Waals surface area contributed by atoms with Crippen molar-refractivity contribution in [1.82, 2.24) is 4.90 Å². The van der Waals surface area contributed by atoms with Gasteiger partial charge in [-0.2, -0.15) is 0 Å². The number of carboxylic acids is 1. The van der Waals surface area contributed by atoms with Crippen molar-refractivity contribution in [3.8, 4) is 11.1 Å². The summed E-state index contributed by atoms with van der Waals surface area (Å²) in [7, 11) is -3.38. The zero-order valence-corrected chi connectivity index (χ0v) is 24.2. The number of nitrogens with one attached hydrogen (secondary N) is 1. The van der Waals surface area contributed by atoms with Crippen molar-refractivity contribution in [2.45, 2.75) is 76.2 Å². The van der Waals surface area contributed by atoms with Crippen LogP contribution in [0.5, 0.6) is 0 Å². The van der Waals surface area contributed by atoms with Crippen LogP contribution in [0.3, 0.4) is 0 Å². The number of nitrogens with zero attached hydrogens (tertiary/aromatic N) is 1. The summed E-state index contributed by atoms with van der Waals surface area (Å²) in [6.07, 6.45) is 12.5. The Balaban J connectivity index is 1.39. The molecule has 0 amide bonds. The number of para-hydroxylation sites is 1. The molecular formula is C31H42N2O6S. The van der Waals surface area contributed by atoms with Crippen molar-refractivity contribution >= 4 is 21.7 Å². The minimum Gasteiger partial charge on any atom is -0.481 e. The number of carbonyl (C=O) groups is 1. The van der Waals surface area contributed by atoms with E-state index in [4.69, 9.17) is 14.6 Å². The Labute approximate surface area is 238 Å². The molecule has 0 radical (unpaired) electrons. The molecule has 1 heterocycles. The fourth-order valence-electron chi connectivity index (χ4n) is 5.69. The summed E-state index contributed by atoms with van der Waals surface area (Å²) in [6, 6.07) is 15.7. The molecule has 2 N–H and O–H groups in total. The first-order valence-corrected chi connectivity index (χ1v) is 16.2. The molecule has 1 saturated heterocycles. The standard InChI is InChI=1S/C31H42N2O6S/c1-40(36,37)32-27-12-7-6-11-26(27)25-16-14-24(15-17-25)23-39-29-19-18-28(33-20-8-2-3-9-21-33)31(29)38-22-10-4-5-13-30(34)35/h4,6-7,10-12,14-17,28-29,31-32H,2-3,5,8-9,13,18-23H2,1H3,(H,34,35)/t28-,29-,31+/m0/s1. The molecule has 3 atom stereocenters. The van der Waals surface area contributed by atoms with Crippen LogP contribution < -0.4 is 4.72 Å². The first-order valence-electron chi connectivity index (χ1n) is 14.3. The first-order chi connectivity index (χ1) is 19.3. The fraction of sp³-hybridized carbons (Fsp3) is 0.516. The van der Waals surface area contributed by atoms with Crippen molar-refractivity contribution in [2.24, 2.45) is 0 Å². The number of hydrogen-bond acceptors (Lipinski definition) is 6. The first kappa shape index (κ1) is 30.2. The Morgan fingerprint density at radius 2 is 1.73 bits per heavy atom. The van der Waals surface area contributed by atoms with Gasteiger partial charge < -0.3 is 14.6 Å². The Hall–Kier alpha value is -2.72. The molecular weight excluding hydrogens is 528 g/mol. The van der Waals surface area contributed by atoms with Gasteiger partial charge in [-0.05, 0) is 62.4 Å². The summed E-state index contributed by atoms with van der Waals surface area (Å²) < 4.78 is 39.0. The van der Waals surface area contributed by atoms with Gasteiger partial charge in [0.1, 0.15) is 0 Å². The fourth-order valence-corrected chi connectivity index (χ4v) is 6.27. The van der Waals surface area contributed by atoms with Gasteiger partial charge in [-0.1, -0.05) is 67.5 Å². The van der Waals surface area contributed by atoms with Crippen LogP contribution in [0.2, 0.25) is 0 Å². The van der Waals surface area contributed by atoms with E-state index in [9.17, 15) is 13.2 Å². The second-order valence-corrected chi connectivity index (χ2v) is 12.5. The van der Waals surface area contributed by atoms with Gasteiger partial charge in [0.25, 0.3) is 0 Å². The van der Waals surface area contributed by atoms with Crippen LogP contribution in [0.25, 0.3) is 11.1 Å². The Morgan fingerprint density at radius 3 is 2.42 bits per heavy atom. The zero-order valence-electron chi connectivity index (χ0n) is 23.3. The van der Waals surface area contributed by atoms with E-state index >= 15 is 0 Å². The van der Waals surface area contributed by atoms with Gasteiger partial charge in [-0.25, -0.2) is 8.42 Å². The molecule has 1 aliphatic carbocycles. The van der Waals surface area contributed by atoms with Crippen molar-refractivity contribution < 1.29 is 27.8 Å². The Morgan fingerprint density at radius 1 is 1.00 bits per heavy atom. The van der Waals surface area contributed by atoms with Gasteiger partial charge in [-0.15, -0.1) is 0 Å². The minimum atomic E-state index is -3.38. The Bertz CT molecular complexity index is 1220. The van der Waals surface area contributed by atoms with Crippen molar-refractivity contribution in [3.63, 3.8) is 0 Å². The highest BCUT2D eigenvalue weighted by molar-refractivity contribution is 7.92. The number of rotatable bonds is 13. The maximum absolute atomic E-state index is 11.8. The number of ether oxygens (including phenoxy) is 2. The number of likely N-dealkylation sites (tertiary alicyclic amines) is 1. The zero-order chi connectivity index (χ0) is 28.4. The summed E-state index contributed by atoms with van der Waals surface area (Å²) in [6.45, 7) is 3.12. The summed E-state index contributed by atoms with van der Waals surface area (Å²) in [5.74, 6) is -0.793. The second kappa shape index (κ2) is 14.8. The van der Waals surface area contributed by atoms with E-state index in [1.165, 1.54) is 25.7 Å². The van der Waals surface area contributed by atoms with Crippen molar-refractivity contribution in [2.75, 3.05) is 30.7 Å². The summed E-state index contributed by atoms with van der Waals surface area (Å²) in [5.41, 5.74) is 3.34. The average molecular weight is 571 g/mol. The van der Waals surface area contributed by atoms with Crippen molar-refractivity contribution in [1.29, 1.82) is 0 Å². The monoisotopic (exact) mass is 570 g/mol. The number of anilines is 1. The number of carboxylic acid groups (broad SMARTS) is 1. The molecule has 0 aromatic heterocycles. The van der Waals surface area contributed by atoms with Gasteiger partial charge in [0.05, 0.1) is 37.4 Å². The SMILES string of the molecule is CS(=O)(=O)Nc1ccccc1-c1ccc(CO[C@H]2CC[C@H](N3CCCCCC3)[C@H]2OCC=CCCC(=O)O)cc1. The number of sulfonamides is 1. The average Bonchev–Trinajstić information content (AvgIpc) is 3.12. The second-order valence-electron chi connectivity index (χ2n) is 10.8. The maximum Gasteiger partial charge on any atom is 0.303 e. The highest BCUT2D eigenvalue weighted by Gasteiger charge is 2.40. The van der Waals surface area contributed by atoms with Crippen LogP contribution in [0, 0.1) is 0 Å². The number of allylic oxidation sites excluding steroid dienone is 1. The van der Waals surface area contributed by atoms with E-state index in [1.807, 2.05) is 54.6 Å². The minimum absolute atomic E-state index is 0.0139. The third-order valence-electron chi connectivity index (χ3n) is 7.63. The molecule has 4 rings (SSSR count). The molecule has 0 spiro atoms. The predicted octanol–water partition coefficient (Wildman–Crippen LogP) is 5.45. The summed E-state index contributed by atoms with van der Waals surface area (Å²) in [5, 5.41) is 8.85. The number of aliphatic carboxylic acids is 1. The normalized spacial score (nSPS) is 22.4. The molecule has 1 saturated carbocycles. The van der Waals surface area contributed by atoms with Crippen LogP contribution in [0.4, 0.5) is 5.69 Å². The van der Waals surface area contributed by atoms with Crippen LogP contribution in [0.1, 0.15) is 56.9 Å². The maximum atomic E-state index is 11.8. The van der Waals surface area contributed by atoms with Gasteiger partial charge in [0.2, 0.25) is 10.0 Å². The topological polar surface area (TPSA) is 105 Å². The predicted molar refractivity (Wildman–Crippen MR) is 158 cm³/mol. The molecule has 0 unspecified atom stereocenters. The van der Waals surface area contributed by atoms with Gasteiger partial charge in [0.15, 0.2) is 0 Å². The Kier molecular flexibility index (Phi) is 11.2. The molecule has 2 aromatic carbocycles. The van der Waals surface area contributed by atoms with E-state index in [2.05, 4.69) is 9.62 Å². The van der Waals surface area contributed by atoms with Crippen LogP contribution in [-0.2, 0) is 30.9 Å². The molecule has 2 aromatic rings. The highest BCUT2D eigenvalue weighted by Crippen LogP contribution is 2.33. The van der Waals surface area contributed by atoms with E-state index in [-0.39, 0.29) is 18.6 Å². The molecule has 1 aliphatic heterocycles. The largest absolute Gasteiger partial charge is 0.481 e. The summed E-state index contributed by atoms with van der Waals surface area (Å²) >= 11 is 0. The molecule has 218 valence electrons. The molecule has 9 heteroatoms. The molecule has 0 bridgehead atoms. The van der Waals surface area contributed by atoms with Gasteiger partial charge >= 0.3 is 5.97 Å². The number of benzene rings is 2. The smallest absolute Gasteiger partial charge is 0.303 e. The molecule has 8 nitrogen and oxygen atoms in total. The van der Waals surface area contributed by atoms with Crippen LogP contribution in [0.15, 0.2) is 60.7 Å². The van der Waals surface area contributed by atoms with E-state index < -0.39 is 16.0 Å². The lowest BCUT2D eigenvalue weighted by Gasteiger charge is -2.33. The lowest BCUT2D eigenvalue weighted by Crippen LogP contribution is -2.45. The number of hydrogen-bond donors (Lipinski definition) is 2. The highest BCUT2D eigenvalue weighted by atomic mass is 32.2. The van der Waals surface area contributed by atoms with E-state index in [0.29, 0.717) is 31.4 Å². The van der Waals surface area contributed by atoms with Gasteiger partial charge in [-0.3, -0.25) is 14.4 Å². The third kappa shape index (κ3) is 9.16. The van der Waals surface area contributed by atoms with Crippen molar-refractivity contribution in [3.05, 3.63) is 66.2 Å². The molecule has 2 fully saturated rings. The van der Waals surface area contributed by atoms with Crippen LogP contribution in [-0.4, -0.2) is 68.6 Å². The molecule has 40 heavy (non-hydrogen) atoms. The quantitative estimate of drug-likeness (QED) is 0.308.